The van der Waals surface area contributed by atoms with E-state index in [1.165, 1.54) is 25.7 Å². The number of guanidine groups is 1. The van der Waals surface area contributed by atoms with Crippen LogP contribution < -0.4 is 5.32 Å². The Labute approximate surface area is 140 Å². The van der Waals surface area contributed by atoms with Gasteiger partial charge in [-0.2, -0.15) is 0 Å². The summed E-state index contributed by atoms with van der Waals surface area (Å²) in [6.45, 7) is 8.46. The summed E-state index contributed by atoms with van der Waals surface area (Å²) in [6, 6.07) is 0.472. The van der Waals surface area contributed by atoms with Gasteiger partial charge in [0.2, 0.25) is 0 Å². The van der Waals surface area contributed by atoms with E-state index in [0.717, 1.165) is 38.2 Å². The van der Waals surface area contributed by atoms with Gasteiger partial charge in [0.15, 0.2) is 5.96 Å². The van der Waals surface area contributed by atoms with Gasteiger partial charge in [0, 0.05) is 57.8 Å². The molecule has 0 spiro atoms. The van der Waals surface area contributed by atoms with E-state index in [4.69, 9.17) is 9.47 Å². The fourth-order valence-electron chi connectivity index (χ4n) is 4.62. The zero-order chi connectivity index (χ0) is 16.4. The third-order valence-electron chi connectivity index (χ3n) is 6.17. The molecule has 1 saturated carbocycles. The summed E-state index contributed by atoms with van der Waals surface area (Å²) in [5.74, 6) is 2.48. The highest BCUT2D eigenvalue weighted by atomic mass is 16.5. The van der Waals surface area contributed by atoms with Crippen molar-refractivity contribution in [2.75, 3.05) is 40.5 Å². The minimum Gasteiger partial charge on any atom is -0.381 e. The lowest BCUT2D eigenvalue weighted by atomic mass is 9.57. The number of rotatable bonds is 4. The molecule has 0 aromatic carbocycles. The number of fused-ring (bicyclic) bond motifs is 1. The summed E-state index contributed by atoms with van der Waals surface area (Å²) < 4.78 is 11.3. The molecular formula is C18H33N3O2. The van der Waals surface area contributed by atoms with Crippen molar-refractivity contribution in [1.82, 2.24) is 10.2 Å². The molecule has 0 radical (unpaired) electrons. The Morgan fingerprint density at radius 1 is 1.22 bits per heavy atom. The summed E-state index contributed by atoms with van der Waals surface area (Å²) in [5, 5.41) is 3.72. The molecule has 3 fully saturated rings. The summed E-state index contributed by atoms with van der Waals surface area (Å²) in [6.07, 6.45) is 5.23. The van der Waals surface area contributed by atoms with Crippen LogP contribution in [0.15, 0.2) is 4.99 Å². The van der Waals surface area contributed by atoms with Crippen molar-refractivity contribution >= 4 is 5.96 Å². The van der Waals surface area contributed by atoms with Crippen molar-refractivity contribution in [3.8, 4) is 0 Å². The highest BCUT2D eigenvalue weighted by molar-refractivity contribution is 5.80. The predicted molar refractivity (Wildman–Crippen MR) is 92.7 cm³/mol. The van der Waals surface area contributed by atoms with Gasteiger partial charge in [-0.25, -0.2) is 0 Å². The molecule has 1 N–H and O–H groups in total. The molecule has 0 aromatic rings. The maximum absolute atomic E-state index is 5.89. The van der Waals surface area contributed by atoms with Gasteiger partial charge in [0.05, 0.1) is 6.10 Å². The summed E-state index contributed by atoms with van der Waals surface area (Å²) >= 11 is 0. The topological polar surface area (TPSA) is 46.1 Å². The molecule has 5 nitrogen and oxygen atoms in total. The van der Waals surface area contributed by atoms with Crippen LogP contribution in [0.4, 0.5) is 0 Å². The number of hydrogen-bond acceptors (Lipinski definition) is 3. The van der Waals surface area contributed by atoms with Gasteiger partial charge < -0.3 is 19.7 Å². The number of nitrogens with zero attached hydrogens (tertiary/aromatic N) is 2. The second-order valence-electron chi connectivity index (χ2n) is 8.00. The molecule has 0 amide bonds. The molecule has 2 aliphatic heterocycles. The van der Waals surface area contributed by atoms with E-state index < -0.39 is 0 Å². The van der Waals surface area contributed by atoms with Gasteiger partial charge in [-0.05, 0) is 31.6 Å². The van der Waals surface area contributed by atoms with E-state index in [0.29, 0.717) is 18.1 Å². The molecule has 5 heteroatoms. The number of hydrogen-bond donors (Lipinski definition) is 1. The maximum atomic E-state index is 5.89. The minimum absolute atomic E-state index is 0.193. The minimum atomic E-state index is 0.193. The molecule has 3 atom stereocenters. The zero-order valence-corrected chi connectivity index (χ0v) is 15.2. The van der Waals surface area contributed by atoms with Gasteiger partial charge in [-0.3, -0.25) is 4.99 Å². The maximum Gasteiger partial charge on any atom is 0.193 e. The van der Waals surface area contributed by atoms with E-state index in [-0.39, 0.29) is 5.41 Å². The average Bonchev–Trinajstić information content (AvgIpc) is 3.01. The molecule has 1 aliphatic carbocycles. The number of ether oxygens (including phenoxy) is 2. The van der Waals surface area contributed by atoms with E-state index >= 15 is 0 Å². The second-order valence-corrected chi connectivity index (χ2v) is 8.00. The van der Waals surface area contributed by atoms with Crippen LogP contribution in [0.25, 0.3) is 0 Å². The smallest absolute Gasteiger partial charge is 0.193 e. The molecule has 2 heterocycles. The standard InChI is InChI=1S/C18H33N3O2/c1-18(2)15(14-8-12-23-16(14)18)20-17(19-3)21(4)9-5-13-6-10-22-11-7-13/h13-16H,5-12H2,1-4H3,(H,19,20). The van der Waals surface area contributed by atoms with Crippen molar-refractivity contribution in [2.24, 2.45) is 22.2 Å². The predicted octanol–water partition coefficient (Wildman–Crippen LogP) is 2.12. The second kappa shape index (κ2) is 6.98. The Hall–Kier alpha value is -0.810. The van der Waals surface area contributed by atoms with Crippen LogP contribution >= 0.6 is 0 Å². The fraction of sp³-hybridized carbons (Fsp3) is 0.944. The summed E-state index contributed by atoms with van der Waals surface area (Å²) in [7, 11) is 4.05. The summed E-state index contributed by atoms with van der Waals surface area (Å²) in [5.41, 5.74) is 0.193. The van der Waals surface area contributed by atoms with Gasteiger partial charge >= 0.3 is 0 Å². The first kappa shape index (κ1) is 17.0. The fourth-order valence-corrected chi connectivity index (χ4v) is 4.62. The van der Waals surface area contributed by atoms with Crippen LogP contribution in [0.1, 0.15) is 39.5 Å². The summed E-state index contributed by atoms with van der Waals surface area (Å²) in [4.78, 5) is 6.81. The molecule has 3 aliphatic rings. The van der Waals surface area contributed by atoms with Crippen LogP contribution in [-0.2, 0) is 9.47 Å². The van der Waals surface area contributed by atoms with Crippen molar-refractivity contribution in [2.45, 2.75) is 51.7 Å². The molecule has 0 aromatic heterocycles. The van der Waals surface area contributed by atoms with Crippen LogP contribution in [0.2, 0.25) is 0 Å². The molecule has 3 unspecified atom stereocenters. The lowest BCUT2D eigenvalue weighted by molar-refractivity contribution is -0.107. The molecule has 132 valence electrons. The van der Waals surface area contributed by atoms with Crippen molar-refractivity contribution in [3.63, 3.8) is 0 Å². The van der Waals surface area contributed by atoms with Crippen LogP contribution in [0.5, 0.6) is 0 Å². The van der Waals surface area contributed by atoms with Gasteiger partial charge in [-0.1, -0.05) is 13.8 Å². The van der Waals surface area contributed by atoms with Crippen molar-refractivity contribution in [3.05, 3.63) is 0 Å². The largest absolute Gasteiger partial charge is 0.381 e. The van der Waals surface area contributed by atoms with Gasteiger partial charge in [0.25, 0.3) is 0 Å². The van der Waals surface area contributed by atoms with E-state index in [2.05, 4.69) is 36.1 Å². The first-order valence-electron chi connectivity index (χ1n) is 9.18. The third kappa shape index (κ3) is 3.36. The van der Waals surface area contributed by atoms with Crippen molar-refractivity contribution in [1.29, 1.82) is 0 Å². The highest BCUT2D eigenvalue weighted by Gasteiger charge is 2.59. The quantitative estimate of drug-likeness (QED) is 0.636. The van der Waals surface area contributed by atoms with Crippen LogP contribution in [-0.4, -0.2) is 63.5 Å². The first-order chi connectivity index (χ1) is 11.0. The molecular weight excluding hydrogens is 290 g/mol. The van der Waals surface area contributed by atoms with Crippen molar-refractivity contribution < 1.29 is 9.47 Å². The Morgan fingerprint density at radius 3 is 2.65 bits per heavy atom. The van der Waals surface area contributed by atoms with Gasteiger partial charge in [-0.15, -0.1) is 0 Å². The lowest BCUT2D eigenvalue weighted by Gasteiger charge is -2.55. The molecule has 2 saturated heterocycles. The molecule has 23 heavy (non-hydrogen) atoms. The lowest BCUT2D eigenvalue weighted by Crippen LogP contribution is -2.68. The Morgan fingerprint density at radius 2 is 1.96 bits per heavy atom. The van der Waals surface area contributed by atoms with E-state index in [9.17, 15) is 0 Å². The number of nitrogens with one attached hydrogen (secondary N) is 1. The normalized spacial score (nSPS) is 33.9. The number of aliphatic imine (C=N–C) groups is 1. The van der Waals surface area contributed by atoms with Gasteiger partial charge in [0.1, 0.15) is 0 Å². The first-order valence-corrected chi connectivity index (χ1v) is 9.18. The Bertz CT molecular complexity index is 432. The average molecular weight is 323 g/mol. The van der Waals surface area contributed by atoms with Crippen LogP contribution in [0, 0.1) is 17.3 Å². The SMILES string of the molecule is CN=C(NC1C2CCOC2C1(C)C)N(C)CCC1CCOCC1. The Kier molecular flexibility index (Phi) is 5.16. The van der Waals surface area contributed by atoms with E-state index in [1.54, 1.807) is 0 Å². The Balaban J connectivity index is 1.51. The zero-order valence-electron chi connectivity index (χ0n) is 15.2. The highest BCUT2D eigenvalue weighted by Crippen LogP contribution is 2.52. The molecule has 0 bridgehead atoms. The monoisotopic (exact) mass is 323 g/mol. The van der Waals surface area contributed by atoms with Crippen LogP contribution in [0.3, 0.4) is 0 Å². The van der Waals surface area contributed by atoms with E-state index in [1.807, 2.05) is 7.05 Å². The molecule has 3 rings (SSSR count). The third-order valence-corrected chi connectivity index (χ3v) is 6.17.